The first kappa shape index (κ1) is 23.8. The molecule has 1 saturated heterocycles. The van der Waals surface area contributed by atoms with Crippen molar-refractivity contribution in [1.29, 1.82) is 0 Å². The third kappa shape index (κ3) is 9.37. The number of benzene rings is 1. The van der Waals surface area contributed by atoms with E-state index in [0.29, 0.717) is 13.0 Å². The van der Waals surface area contributed by atoms with Crippen molar-refractivity contribution in [2.24, 2.45) is 0 Å². The Morgan fingerprint density at radius 3 is 2.57 bits per heavy atom. The van der Waals surface area contributed by atoms with Crippen LogP contribution in [0.3, 0.4) is 0 Å². The van der Waals surface area contributed by atoms with Crippen LogP contribution in [0.1, 0.15) is 31.7 Å². The first-order valence-electron chi connectivity index (χ1n) is 10.6. The summed E-state index contributed by atoms with van der Waals surface area (Å²) in [5, 5.41) is 5.70. The molecular weight excluding hydrogens is 386 g/mol. The number of amides is 2. The zero-order valence-electron chi connectivity index (χ0n) is 17.7. The van der Waals surface area contributed by atoms with Crippen LogP contribution in [0.25, 0.3) is 0 Å². The van der Waals surface area contributed by atoms with Crippen LogP contribution in [0.4, 0.5) is 0 Å². The summed E-state index contributed by atoms with van der Waals surface area (Å²) >= 11 is 0. The molecule has 2 amide bonds. The maximum atomic E-state index is 12.7. The number of nitrogens with one attached hydrogen (secondary N) is 2. The lowest BCUT2D eigenvalue weighted by molar-refractivity contribution is -0.144. The maximum Gasteiger partial charge on any atom is 0.306 e. The van der Waals surface area contributed by atoms with Crippen molar-refractivity contribution < 1.29 is 23.9 Å². The topological polar surface area (TPSA) is 97.0 Å². The summed E-state index contributed by atoms with van der Waals surface area (Å²) in [5.41, 5.74) is 0.955. The smallest absolute Gasteiger partial charge is 0.306 e. The van der Waals surface area contributed by atoms with Gasteiger partial charge in [0.2, 0.25) is 11.8 Å². The Kier molecular flexibility index (Phi) is 10.9. The Labute approximate surface area is 178 Å². The monoisotopic (exact) mass is 419 g/mol. The fourth-order valence-electron chi connectivity index (χ4n) is 3.24. The number of esters is 1. The predicted molar refractivity (Wildman–Crippen MR) is 113 cm³/mol. The summed E-state index contributed by atoms with van der Waals surface area (Å²) in [5.74, 6) is -0.974. The number of ether oxygens (including phenoxy) is 2. The number of nitrogens with zero attached hydrogens (tertiary/aromatic N) is 1. The van der Waals surface area contributed by atoms with E-state index in [2.05, 4.69) is 15.5 Å². The largest absolute Gasteiger partial charge is 0.466 e. The molecule has 1 aliphatic heterocycles. The van der Waals surface area contributed by atoms with Gasteiger partial charge in [-0.1, -0.05) is 30.3 Å². The lowest BCUT2D eigenvalue weighted by atomic mass is 10.0. The van der Waals surface area contributed by atoms with Gasteiger partial charge in [-0.25, -0.2) is 0 Å². The summed E-state index contributed by atoms with van der Waals surface area (Å²) in [6.45, 7) is 6.79. The van der Waals surface area contributed by atoms with E-state index >= 15 is 0 Å². The third-order valence-corrected chi connectivity index (χ3v) is 4.85. The molecular formula is C22H33N3O5. The normalized spacial score (nSPS) is 15.2. The molecule has 1 aromatic rings. The van der Waals surface area contributed by atoms with Gasteiger partial charge in [-0.05, 0) is 25.5 Å². The number of hydrogen-bond donors (Lipinski definition) is 2. The molecule has 1 heterocycles. The van der Waals surface area contributed by atoms with Crippen LogP contribution in [-0.4, -0.2) is 74.7 Å². The third-order valence-electron chi connectivity index (χ3n) is 4.85. The van der Waals surface area contributed by atoms with E-state index in [4.69, 9.17) is 9.47 Å². The molecule has 1 aromatic carbocycles. The zero-order chi connectivity index (χ0) is 21.6. The van der Waals surface area contributed by atoms with Crippen LogP contribution < -0.4 is 10.6 Å². The molecule has 2 N–H and O–H groups in total. The number of morpholine rings is 1. The molecule has 30 heavy (non-hydrogen) atoms. The summed E-state index contributed by atoms with van der Waals surface area (Å²) in [4.78, 5) is 38.8. The molecule has 1 unspecified atom stereocenters. The van der Waals surface area contributed by atoms with E-state index in [1.165, 1.54) is 0 Å². The van der Waals surface area contributed by atoms with Gasteiger partial charge < -0.3 is 20.1 Å². The first-order chi connectivity index (χ1) is 14.6. The van der Waals surface area contributed by atoms with E-state index in [-0.39, 0.29) is 31.3 Å². The molecule has 1 aliphatic rings. The second-order valence-corrected chi connectivity index (χ2v) is 7.21. The van der Waals surface area contributed by atoms with Gasteiger partial charge in [0.1, 0.15) is 6.04 Å². The van der Waals surface area contributed by atoms with Crippen molar-refractivity contribution in [3.8, 4) is 0 Å². The SMILES string of the molecule is CCOC(=O)CCC(=O)NC(Cc1ccccc1)C(=O)NCCCN1CCOCC1. The summed E-state index contributed by atoms with van der Waals surface area (Å²) in [6.07, 6.45) is 1.22. The molecule has 1 fully saturated rings. The Hall–Kier alpha value is -2.45. The average molecular weight is 420 g/mol. The van der Waals surface area contributed by atoms with E-state index in [0.717, 1.165) is 44.8 Å². The molecule has 0 saturated carbocycles. The Morgan fingerprint density at radius 1 is 1.13 bits per heavy atom. The second kappa shape index (κ2) is 13.7. The van der Waals surface area contributed by atoms with Crippen molar-refractivity contribution in [2.45, 2.75) is 38.6 Å². The minimum Gasteiger partial charge on any atom is -0.466 e. The summed E-state index contributed by atoms with van der Waals surface area (Å²) in [7, 11) is 0. The molecule has 2 rings (SSSR count). The Morgan fingerprint density at radius 2 is 1.87 bits per heavy atom. The standard InChI is InChI=1S/C22H33N3O5/c1-2-30-21(27)10-9-20(26)24-19(17-18-7-4-3-5-8-18)22(28)23-11-6-12-25-13-15-29-16-14-25/h3-5,7-8,19H,2,6,9-17H2,1H3,(H,23,28)(H,24,26). The molecule has 166 valence electrons. The maximum absolute atomic E-state index is 12.7. The van der Waals surface area contributed by atoms with Gasteiger partial charge in [0.15, 0.2) is 0 Å². The highest BCUT2D eigenvalue weighted by atomic mass is 16.5. The van der Waals surface area contributed by atoms with Gasteiger partial charge in [-0.2, -0.15) is 0 Å². The molecule has 0 aromatic heterocycles. The minimum atomic E-state index is -0.689. The predicted octanol–water partition coefficient (Wildman–Crippen LogP) is 0.896. The van der Waals surface area contributed by atoms with Gasteiger partial charge in [0.05, 0.1) is 26.2 Å². The van der Waals surface area contributed by atoms with E-state index in [1.807, 2.05) is 30.3 Å². The molecule has 0 spiro atoms. The van der Waals surface area contributed by atoms with E-state index in [9.17, 15) is 14.4 Å². The van der Waals surface area contributed by atoms with Crippen molar-refractivity contribution in [2.75, 3.05) is 46.0 Å². The number of carbonyl (C=O) groups is 3. The Balaban J connectivity index is 1.82. The minimum absolute atomic E-state index is 0.00109. The second-order valence-electron chi connectivity index (χ2n) is 7.21. The molecule has 1 atom stereocenters. The fraction of sp³-hybridized carbons (Fsp3) is 0.591. The quantitative estimate of drug-likeness (QED) is 0.386. The highest BCUT2D eigenvalue weighted by Crippen LogP contribution is 2.05. The van der Waals surface area contributed by atoms with Crippen molar-refractivity contribution >= 4 is 17.8 Å². The summed E-state index contributed by atoms with van der Waals surface area (Å²) < 4.78 is 10.2. The van der Waals surface area contributed by atoms with Crippen molar-refractivity contribution in [3.63, 3.8) is 0 Å². The average Bonchev–Trinajstić information content (AvgIpc) is 2.76. The van der Waals surface area contributed by atoms with Gasteiger partial charge in [-0.15, -0.1) is 0 Å². The van der Waals surface area contributed by atoms with Crippen LogP contribution >= 0.6 is 0 Å². The van der Waals surface area contributed by atoms with Crippen LogP contribution in [0.2, 0.25) is 0 Å². The lowest BCUT2D eigenvalue weighted by Gasteiger charge is -2.26. The van der Waals surface area contributed by atoms with Crippen LogP contribution in [-0.2, 0) is 30.3 Å². The zero-order valence-corrected chi connectivity index (χ0v) is 17.7. The van der Waals surface area contributed by atoms with E-state index < -0.39 is 12.0 Å². The number of hydrogen-bond acceptors (Lipinski definition) is 6. The van der Waals surface area contributed by atoms with Crippen LogP contribution in [0, 0.1) is 0 Å². The highest BCUT2D eigenvalue weighted by Gasteiger charge is 2.21. The fourth-order valence-corrected chi connectivity index (χ4v) is 3.24. The van der Waals surface area contributed by atoms with E-state index in [1.54, 1.807) is 6.92 Å². The van der Waals surface area contributed by atoms with Gasteiger partial charge >= 0.3 is 5.97 Å². The molecule has 8 nitrogen and oxygen atoms in total. The van der Waals surface area contributed by atoms with Crippen molar-refractivity contribution in [1.82, 2.24) is 15.5 Å². The number of carbonyl (C=O) groups excluding carboxylic acids is 3. The van der Waals surface area contributed by atoms with Crippen molar-refractivity contribution in [3.05, 3.63) is 35.9 Å². The lowest BCUT2D eigenvalue weighted by Crippen LogP contribution is -2.48. The van der Waals surface area contributed by atoms with Gasteiger partial charge in [-0.3, -0.25) is 19.3 Å². The Bertz CT molecular complexity index is 662. The number of rotatable bonds is 12. The molecule has 0 radical (unpaired) electrons. The summed E-state index contributed by atoms with van der Waals surface area (Å²) in [6, 6.07) is 8.85. The van der Waals surface area contributed by atoms with Crippen LogP contribution in [0.15, 0.2) is 30.3 Å². The first-order valence-corrected chi connectivity index (χ1v) is 10.6. The molecule has 0 bridgehead atoms. The molecule has 8 heteroatoms. The van der Waals surface area contributed by atoms with Gasteiger partial charge in [0.25, 0.3) is 0 Å². The van der Waals surface area contributed by atoms with Gasteiger partial charge in [0, 0.05) is 32.5 Å². The molecule has 0 aliphatic carbocycles. The highest BCUT2D eigenvalue weighted by molar-refractivity contribution is 5.89. The van der Waals surface area contributed by atoms with Crippen LogP contribution in [0.5, 0.6) is 0 Å².